The van der Waals surface area contributed by atoms with E-state index in [-0.39, 0.29) is 5.97 Å². The van der Waals surface area contributed by atoms with E-state index < -0.39 is 0 Å². The number of carbonyl (C=O) groups excluding carboxylic acids is 1. The minimum atomic E-state index is -0.238. The Labute approximate surface area is 174 Å². The molecule has 4 aromatic rings. The number of aromatic amines is 1. The van der Waals surface area contributed by atoms with E-state index in [1.165, 1.54) is 23.9 Å². The van der Waals surface area contributed by atoms with Crippen molar-refractivity contribution in [3.63, 3.8) is 0 Å². The lowest BCUT2D eigenvalue weighted by Gasteiger charge is -2.08. The second kappa shape index (κ2) is 9.30. The number of hydrogen-bond acceptors (Lipinski definition) is 6. The number of hydrogen-bond donors (Lipinski definition) is 1. The van der Waals surface area contributed by atoms with Crippen molar-refractivity contribution in [3.8, 4) is 22.5 Å². The fourth-order valence-corrected chi connectivity index (χ4v) is 3.47. The molecule has 0 amide bonds. The van der Waals surface area contributed by atoms with Gasteiger partial charge in [0, 0.05) is 12.0 Å². The molecule has 2 heterocycles. The number of unbranched alkanes of at least 4 members (excludes halogenated alkanes) is 4. The van der Waals surface area contributed by atoms with E-state index in [9.17, 15) is 4.79 Å². The Kier molecular flexibility index (Phi) is 6.12. The first kappa shape index (κ1) is 19.8. The molecule has 0 aliphatic rings. The molecule has 2 aromatic heterocycles. The number of carbonyl (C=O) groups is 1. The fraction of sp³-hybridized carbons (Fsp3) is 0.318. The lowest BCUT2D eigenvalue weighted by atomic mass is 9.99. The van der Waals surface area contributed by atoms with Crippen LogP contribution < -0.4 is 4.84 Å². The van der Waals surface area contributed by atoms with Crippen LogP contribution in [0.5, 0.6) is 0 Å². The smallest absolute Gasteiger partial charge is 0.332 e. The van der Waals surface area contributed by atoms with E-state index in [0.717, 1.165) is 47.0 Å². The molecule has 0 fully saturated rings. The molecule has 4 rings (SSSR count). The first-order valence-corrected chi connectivity index (χ1v) is 10.3. The third-order valence-corrected chi connectivity index (χ3v) is 5.04. The Bertz CT molecular complexity index is 1120. The molecule has 30 heavy (non-hydrogen) atoms. The molecule has 8 heteroatoms. The van der Waals surface area contributed by atoms with Gasteiger partial charge in [-0.25, -0.2) is 14.9 Å². The molecule has 0 unspecified atom stereocenters. The van der Waals surface area contributed by atoms with Gasteiger partial charge in [0.05, 0.1) is 5.52 Å². The van der Waals surface area contributed by atoms with Crippen molar-refractivity contribution in [1.82, 2.24) is 30.3 Å². The van der Waals surface area contributed by atoms with Gasteiger partial charge in [-0.3, -0.25) is 0 Å². The van der Waals surface area contributed by atoms with Crippen LogP contribution in [0.2, 0.25) is 0 Å². The average Bonchev–Trinajstić information content (AvgIpc) is 3.44. The SMILES string of the molecule is CCCCCCCC(=O)On1cnc2cc(-c3ccccc3-c3nnn[nH]3)ccc21. The molecule has 1 N–H and O–H groups in total. The van der Waals surface area contributed by atoms with E-state index in [2.05, 4.69) is 32.5 Å². The van der Waals surface area contributed by atoms with Gasteiger partial charge in [0.2, 0.25) is 0 Å². The third-order valence-electron chi connectivity index (χ3n) is 5.04. The van der Waals surface area contributed by atoms with E-state index in [1.54, 1.807) is 0 Å². The first-order valence-electron chi connectivity index (χ1n) is 10.3. The average molecular weight is 404 g/mol. The fourth-order valence-electron chi connectivity index (χ4n) is 3.47. The molecular weight excluding hydrogens is 380 g/mol. The zero-order valence-corrected chi connectivity index (χ0v) is 16.9. The summed E-state index contributed by atoms with van der Waals surface area (Å²) in [5.41, 5.74) is 4.35. The molecule has 0 spiro atoms. The number of H-pyrrole nitrogens is 1. The highest BCUT2D eigenvalue weighted by atomic mass is 16.7. The van der Waals surface area contributed by atoms with Crippen LogP contribution in [0, 0.1) is 0 Å². The standard InChI is InChI=1S/C22H24N6O2/c1-2-3-4-5-6-11-21(29)30-28-15-23-19-14-16(12-13-20(19)28)17-9-7-8-10-18(17)22-24-26-27-25-22/h7-10,12-15H,2-6,11H2,1H3,(H,24,25,26,27). The monoisotopic (exact) mass is 404 g/mol. The number of benzene rings is 2. The number of aromatic nitrogens is 6. The van der Waals surface area contributed by atoms with Crippen molar-refractivity contribution in [2.24, 2.45) is 0 Å². The van der Waals surface area contributed by atoms with Crippen molar-refractivity contribution in [2.45, 2.75) is 45.4 Å². The molecule has 154 valence electrons. The maximum absolute atomic E-state index is 12.2. The van der Waals surface area contributed by atoms with Crippen molar-refractivity contribution < 1.29 is 9.63 Å². The number of nitrogens with one attached hydrogen (secondary N) is 1. The summed E-state index contributed by atoms with van der Waals surface area (Å²) in [5, 5.41) is 14.2. The predicted octanol–water partition coefficient (Wildman–Crippen LogP) is 4.20. The molecule has 0 aliphatic heterocycles. The molecule has 2 aromatic carbocycles. The maximum atomic E-state index is 12.2. The van der Waals surface area contributed by atoms with Crippen LogP contribution in [-0.4, -0.2) is 36.3 Å². The lowest BCUT2D eigenvalue weighted by Crippen LogP contribution is -2.18. The van der Waals surface area contributed by atoms with Gasteiger partial charge >= 0.3 is 5.97 Å². The second-order valence-electron chi connectivity index (χ2n) is 7.20. The predicted molar refractivity (Wildman–Crippen MR) is 113 cm³/mol. The molecule has 0 saturated heterocycles. The van der Waals surface area contributed by atoms with Crippen LogP contribution in [0.25, 0.3) is 33.5 Å². The normalized spacial score (nSPS) is 11.1. The Morgan fingerprint density at radius 3 is 2.70 bits per heavy atom. The van der Waals surface area contributed by atoms with Crippen molar-refractivity contribution in [1.29, 1.82) is 0 Å². The summed E-state index contributed by atoms with van der Waals surface area (Å²) in [4.78, 5) is 22.1. The highest BCUT2D eigenvalue weighted by Crippen LogP contribution is 2.31. The lowest BCUT2D eigenvalue weighted by molar-refractivity contribution is -0.143. The molecule has 0 aliphatic carbocycles. The zero-order valence-electron chi connectivity index (χ0n) is 16.9. The van der Waals surface area contributed by atoms with Gasteiger partial charge in [0.1, 0.15) is 11.8 Å². The molecule has 0 radical (unpaired) electrons. The Balaban J connectivity index is 1.51. The minimum absolute atomic E-state index is 0.238. The van der Waals surface area contributed by atoms with Crippen LogP contribution in [0.4, 0.5) is 0 Å². The highest BCUT2D eigenvalue weighted by molar-refractivity contribution is 5.87. The summed E-state index contributed by atoms with van der Waals surface area (Å²) in [6.07, 6.45) is 7.41. The minimum Gasteiger partial charge on any atom is -0.335 e. The van der Waals surface area contributed by atoms with Gasteiger partial charge < -0.3 is 4.84 Å². The topological polar surface area (TPSA) is 98.6 Å². The largest absolute Gasteiger partial charge is 0.335 e. The van der Waals surface area contributed by atoms with Gasteiger partial charge in [0.25, 0.3) is 0 Å². The molecule has 0 saturated carbocycles. The number of rotatable bonds is 9. The molecular formula is C22H24N6O2. The van der Waals surface area contributed by atoms with E-state index >= 15 is 0 Å². The van der Waals surface area contributed by atoms with Crippen LogP contribution >= 0.6 is 0 Å². The van der Waals surface area contributed by atoms with Crippen LogP contribution in [0.3, 0.4) is 0 Å². The summed E-state index contributed by atoms with van der Waals surface area (Å²) in [5.74, 6) is 0.363. The number of tetrazole rings is 1. The van der Waals surface area contributed by atoms with Crippen LogP contribution in [-0.2, 0) is 4.79 Å². The quantitative estimate of drug-likeness (QED) is 0.420. The summed E-state index contributed by atoms with van der Waals surface area (Å²) in [7, 11) is 0. The summed E-state index contributed by atoms with van der Waals surface area (Å²) in [6, 6.07) is 13.7. The molecule has 8 nitrogen and oxygen atoms in total. The number of imidazole rings is 1. The number of fused-ring (bicyclic) bond motifs is 1. The zero-order chi connectivity index (χ0) is 20.8. The van der Waals surface area contributed by atoms with Crippen molar-refractivity contribution in [2.75, 3.05) is 0 Å². The maximum Gasteiger partial charge on any atom is 0.332 e. The van der Waals surface area contributed by atoms with Gasteiger partial charge in [0.15, 0.2) is 5.82 Å². The Morgan fingerprint density at radius 2 is 1.90 bits per heavy atom. The highest BCUT2D eigenvalue weighted by Gasteiger charge is 2.13. The third kappa shape index (κ3) is 4.37. The van der Waals surface area contributed by atoms with E-state index in [1.807, 2.05) is 42.5 Å². The van der Waals surface area contributed by atoms with Gasteiger partial charge in [-0.2, -0.15) is 4.73 Å². The summed E-state index contributed by atoms with van der Waals surface area (Å²) < 4.78 is 1.44. The van der Waals surface area contributed by atoms with Gasteiger partial charge in [-0.1, -0.05) is 62.9 Å². The molecule has 0 bridgehead atoms. The van der Waals surface area contributed by atoms with Crippen LogP contribution in [0.1, 0.15) is 45.4 Å². The van der Waals surface area contributed by atoms with Crippen LogP contribution in [0.15, 0.2) is 48.8 Å². The Morgan fingerprint density at radius 1 is 1.07 bits per heavy atom. The van der Waals surface area contributed by atoms with Gasteiger partial charge in [-0.05, 0) is 40.1 Å². The van der Waals surface area contributed by atoms with Crippen molar-refractivity contribution >= 4 is 17.0 Å². The van der Waals surface area contributed by atoms with E-state index in [0.29, 0.717) is 12.2 Å². The van der Waals surface area contributed by atoms with E-state index in [4.69, 9.17) is 4.84 Å². The summed E-state index contributed by atoms with van der Waals surface area (Å²) >= 11 is 0. The van der Waals surface area contributed by atoms with Crippen molar-refractivity contribution in [3.05, 3.63) is 48.8 Å². The van der Waals surface area contributed by atoms with Gasteiger partial charge in [-0.15, -0.1) is 5.10 Å². The first-order chi connectivity index (χ1) is 14.8. The summed E-state index contributed by atoms with van der Waals surface area (Å²) in [6.45, 7) is 2.17. The molecule has 0 atom stereocenters. The number of nitrogens with zero attached hydrogens (tertiary/aromatic N) is 5. The Hall–Kier alpha value is -3.55. The second-order valence-corrected chi connectivity index (χ2v) is 7.20.